The molecule has 0 radical (unpaired) electrons. The van der Waals surface area contributed by atoms with Crippen LogP contribution in [0.4, 0.5) is 0 Å². The summed E-state index contributed by atoms with van der Waals surface area (Å²) in [5.41, 5.74) is 1.13. The molecule has 1 aliphatic heterocycles. The zero-order valence-corrected chi connectivity index (χ0v) is 11.4. The topological polar surface area (TPSA) is 35.5 Å². The quantitative estimate of drug-likeness (QED) is 0.800. The van der Waals surface area contributed by atoms with Gasteiger partial charge >= 0.3 is 0 Å². The number of unbranched alkanes of at least 4 members (excludes halogenated alkanes) is 1. The standard InChI is InChI=1S/C14H18O3S/c1-2-3-4-10(8-14(15)18)11-5-6-12-13(7-11)17-9-16-12/h5-7,10H,2-4,8-9H2,1H3,(H,15,18). The summed E-state index contributed by atoms with van der Waals surface area (Å²) >= 11 is 3.90. The first-order chi connectivity index (χ1) is 8.70. The molecule has 2 rings (SSSR count). The summed E-state index contributed by atoms with van der Waals surface area (Å²) in [5.74, 6) is 1.79. The fourth-order valence-corrected chi connectivity index (χ4v) is 2.44. The number of rotatable bonds is 6. The molecule has 1 atom stereocenters. The fourth-order valence-electron chi connectivity index (χ4n) is 2.21. The molecule has 4 heteroatoms. The van der Waals surface area contributed by atoms with E-state index in [0.29, 0.717) is 6.42 Å². The lowest BCUT2D eigenvalue weighted by atomic mass is 9.91. The molecule has 0 fully saturated rings. The smallest absolute Gasteiger partial charge is 0.231 e. The Morgan fingerprint density at radius 2 is 2.17 bits per heavy atom. The van der Waals surface area contributed by atoms with Gasteiger partial charge in [0.05, 0.1) is 0 Å². The molecule has 1 aliphatic rings. The molecule has 1 aromatic rings. The Kier molecular flexibility index (Phi) is 4.53. The van der Waals surface area contributed by atoms with Gasteiger partial charge in [-0.1, -0.05) is 25.8 Å². The molecule has 0 amide bonds. The molecule has 0 aromatic heterocycles. The number of hydrogen-bond acceptors (Lipinski definition) is 3. The second kappa shape index (κ2) is 6.14. The number of fused-ring (bicyclic) bond motifs is 1. The maximum absolute atomic E-state index is 11.2. The third-order valence-electron chi connectivity index (χ3n) is 3.20. The van der Waals surface area contributed by atoms with Crippen molar-refractivity contribution in [3.05, 3.63) is 23.8 Å². The van der Waals surface area contributed by atoms with Crippen LogP contribution in [0.2, 0.25) is 0 Å². The van der Waals surface area contributed by atoms with Crippen LogP contribution in [0.1, 0.15) is 44.1 Å². The number of ether oxygens (including phenoxy) is 2. The van der Waals surface area contributed by atoms with Crippen LogP contribution in [0.3, 0.4) is 0 Å². The van der Waals surface area contributed by atoms with E-state index in [0.717, 1.165) is 36.3 Å². The average Bonchev–Trinajstić information content (AvgIpc) is 2.81. The minimum atomic E-state index is -0.0613. The van der Waals surface area contributed by atoms with Crippen molar-refractivity contribution in [2.45, 2.75) is 38.5 Å². The molecule has 0 spiro atoms. The highest BCUT2D eigenvalue weighted by molar-refractivity contribution is 7.96. The van der Waals surface area contributed by atoms with Gasteiger partial charge < -0.3 is 9.47 Å². The number of thiol groups is 1. The summed E-state index contributed by atoms with van der Waals surface area (Å²) in [6, 6.07) is 5.92. The third kappa shape index (κ3) is 3.19. The zero-order chi connectivity index (χ0) is 13.0. The van der Waals surface area contributed by atoms with Gasteiger partial charge in [0.15, 0.2) is 16.6 Å². The molecule has 3 nitrogen and oxygen atoms in total. The van der Waals surface area contributed by atoms with E-state index in [-0.39, 0.29) is 17.8 Å². The van der Waals surface area contributed by atoms with E-state index in [1.165, 1.54) is 0 Å². The fraction of sp³-hybridized carbons (Fsp3) is 0.500. The Morgan fingerprint density at radius 3 is 2.89 bits per heavy atom. The highest BCUT2D eigenvalue weighted by Crippen LogP contribution is 2.36. The van der Waals surface area contributed by atoms with Crippen LogP contribution < -0.4 is 9.47 Å². The van der Waals surface area contributed by atoms with Gasteiger partial charge in [0.1, 0.15) is 0 Å². The van der Waals surface area contributed by atoms with E-state index < -0.39 is 0 Å². The zero-order valence-electron chi connectivity index (χ0n) is 10.5. The predicted molar refractivity (Wildman–Crippen MR) is 73.4 cm³/mol. The summed E-state index contributed by atoms with van der Waals surface area (Å²) in [5, 5.41) is -0.0613. The molecule has 0 saturated heterocycles. The van der Waals surface area contributed by atoms with Gasteiger partial charge in [-0.3, -0.25) is 4.79 Å². The van der Waals surface area contributed by atoms with Crippen molar-refractivity contribution in [2.75, 3.05) is 6.79 Å². The van der Waals surface area contributed by atoms with Gasteiger partial charge in [0.25, 0.3) is 0 Å². The maximum atomic E-state index is 11.2. The minimum absolute atomic E-state index is 0.0613. The van der Waals surface area contributed by atoms with Crippen LogP contribution in [0.15, 0.2) is 18.2 Å². The van der Waals surface area contributed by atoms with Gasteiger partial charge in [-0.15, -0.1) is 12.6 Å². The highest BCUT2D eigenvalue weighted by atomic mass is 32.1. The Hall–Kier alpha value is -1.16. The number of carbonyl (C=O) groups excluding carboxylic acids is 1. The van der Waals surface area contributed by atoms with Crippen molar-refractivity contribution in [1.29, 1.82) is 0 Å². The Labute approximate surface area is 113 Å². The van der Waals surface area contributed by atoms with Gasteiger partial charge in [-0.2, -0.15) is 0 Å². The largest absolute Gasteiger partial charge is 0.454 e. The Bertz CT molecular complexity index is 431. The summed E-state index contributed by atoms with van der Waals surface area (Å²) < 4.78 is 10.7. The van der Waals surface area contributed by atoms with Gasteiger partial charge in [0.2, 0.25) is 6.79 Å². The van der Waals surface area contributed by atoms with E-state index in [4.69, 9.17) is 9.47 Å². The van der Waals surface area contributed by atoms with Crippen molar-refractivity contribution in [2.24, 2.45) is 0 Å². The second-order valence-electron chi connectivity index (χ2n) is 4.55. The van der Waals surface area contributed by atoms with E-state index in [1.807, 2.05) is 18.2 Å². The lowest BCUT2D eigenvalue weighted by Crippen LogP contribution is -2.03. The van der Waals surface area contributed by atoms with Crippen molar-refractivity contribution >= 4 is 17.7 Å². The van der Waals surface area contributed by atoms with Gasteiger partial charge in [-0.05, 0) is 30.0 Å². The van der Waals surface area contributed by atoms with Gasteiger partial charge in [0, 0.05) is 6.42 Å². The molecule has 0 aliphatic carbocycles. The molecule has 1 heterocycles. The normalized spacial score (nSPS) is 14.6. The molecule has 1 aromatic carbocycles. The SMILES string of the molecule is CCCCC(CC(=O)S)c1ccc2c(c1)OCO2. The Morgan fingerprint density at radius 1 is 1.39 bits per heavy atom. The van der Waals surface area contributed by atoms with Crippen LogP contribution in [0.25, 0.3) is 0 Å². The first-order valence-electron chi connectivity index (χ1n) is 6.32. The average molecular weight is 266 g/mol. The summed E-state index contributed by atoms with van der Waals surface area (Å²) in [4.78, 5) is 11.2. The molecular formula is C14H18O3S. The van der Waals surface area contributed by atoms with Crippen molar-refractivity contribution < 1.29 is 14.3 Å². The molecule has 0 bridgehead atoms. The predicted octanol–water partition coefficient (Wildman–Crippen LogP) is 3.54. The van der Waals surface area contributed by atoms with E-state index >= 15 is 0 Å². The van der Waals surface area contributed by atoms with Crippen LogP contribution in [-0.2, 0) is 4.79 Å². The number of carbonyl (C=O) groups is 1. The highest BCUT2D eigenvalue weighted by Gasteiger charge is 2.19. The maximum Gasteiger partial charge on any atom is 0.231 e. The van der Waals surface area contributed by atoms with Gasteiger partial charge in [-0.25, -0.2) is 0 Å². The van der Waals surface area contributed by atoms with E-state index in [2.05, 4.69) is 19.6 Å². The van der Waals surface area contributed by atoms with E-state index in [9.17, 15) is 4.79 Å². The molecule has 98 valence electrons. The summed E-state index contributed by atoms with van der Waals surface area (Å²) in [6.45, 7) is 2.43. The molecule has 18 heavy (non-hydrogen) atoms. The van der Waals surface area contributed by atoms with Crippen molar-refractivity contribution in [3.8, 4) is 11.5 Å². The lowest BCUT2D eigenvalue weighted by molar-refractivity contribution is -0.111. The molecule has 1 unspecified atom stereocenters. The molecule has 0 saturated carbocycles. The van der Waals surface area contributed by atoms with Crippen LogP contribution >= 0.6 is 12.6 Å². The molecular weight excluding hydrogens is 248 g/mol. The number of benzene rings is 1. The molecule has 0 N–H and O–H groups in total. The first-order valence-corrected chi connectivity index (χ1v) is 6.76. The number of hydrogen-bond donors (Lipinski definition) is 1. The van der Waals surface area contributed by atoms with Crippen molar-refractivity contribution in [1.82, 2.24) is 0 Å². The lowest BCUT2D eigenvalue weighted by Gasteiger charge is -2.15. The monoisotopic (exact) mass is 266 g/mol. The van der Waals surface area contributed by atoms with Crippen LogP contribution in [0, 0.1) is 0 Å². The second-order valence-corrected chi connectivity index (χ2v) is 5.05. The third-order valence-corrected chi connectivity index (χ3v) is 3.38. The van der Waals surface area contributed by atoms with E-state index in [1.54, 1.807) is 0 Å². The summed E-state index contributed by atoms with van der Waals surface area (Å²) in [6.07, 6.45) is 3.72. The van der Waals surface area contributed by atoms with Crippen LogP contribution in [-0.4, -0.2) is 11.9 Å². The minimum Gasteiger partial charge on any atom is -0.454 e. The summed E-state index contributed by atoms with van der Waals surface area (Å²) in [7, 11) is 0. The Balaban J connectivity index is 2.15. The van der Waals surface area contributed by atoms with Crippen molar-refractivity contribution in [3.63, 3.8) is 0 Å². The van der Waals surface area contributed by atoms with Crippen LogP contribution in [0.5, 0.6) is 11.5 Å². The first kappa shape index (κ1) is 13.3.